The predicted molar refractivity (Wildman–Crippen MR) is 125 cm³/mol. The summed E-state index contributed by atoms with van der Waals surface area (Å²) in [5.74, 6) is -0.0863. The number of anilines is 2. The highest BCUT2D eigenvalue weighted by atomic mass is 32.2. The summed E-state index contributed by atoms with van der Waals surface area (Å²) in [6.07, 6.45) is 0.340. The second-order valence-electron chi connectivity index (χ2n) is 7.23. The van der Waals surface area contributed by atoms with Crippen LogP contribution in [0.25, 0.3) is 0 Å². The van der Waals surface area contributed by atoms with Gasteiger partial charge in [-0.05, 0) is 67.8 Å². The van der Waals surface area contributed by atoms with Crippen molar-refractivity contribution in [1.29, 1.82) is 0 Å². The van der Waals surface area contributed by atoms with Crippen molar-refractivity contribution in [3.05, 3.63) is 89.5 Å². The lowest BCUT2D eigenvalue weighted by atomic mass is 10.1. The van der Waals surface area contributed by atoms with Crippen LogP contribution in [0.1, 0.15) is 23.6 Å². The van der Waals surface area contributed by atoms with E-state index in [4.69, 9.17) is 0 Å². The second-order valence-corrected chi connectivity index (χ2v) is 8.65. The molecule has 1 atom stereocenters. The molecule has 3 rings (SSSR count). The van der Waals surface area contributed by atoms with Crippen LogP contribution in [0.2, 0.25) is 0 Å². The lowest BCUT2D eigenvalue weighted by Crippen LogP contribution is -2.22. The molecule has 0 heterocycles. The van der Waals surface area contributed by atoms with Crippen LogP contribution in [-0.4, -0.2) is 17.1 Å². The smallest absolute Gasteiger partial charge is 0.237 e. The Balaban J connectivity index is 1.53. The molecule has 0 aliphatic rings. The number of hydrogen-bond acceptors (Lipinski definition) is 3. The number of carbonyl (C=O) groups is 2. The largest absolute Gasteiger partial charge is 0.326 e. The van der Waals surface area contributed by atoms with E-state index >= 15 is 0 Å². The van der Waals surface area contributed by atoms with Crippen molar-refractivity contribution in [1.82, 2.24) is 0 Å². The Kier molecular flexibility index (Phi) is 7.31. The maximum Gasteiger partial charge on any atom is 0.237 e. The number of benzene rings is 3. The van der Waals surface area contributed by atoms with Gasteiger partial charge in [-0.2, -0.15) is 0 Å². The fourth-order valence-electron chi connectivity index (χ4n) is 2.98. The van der Waals surface area contributed by atoms with Gasteiger partial charge in [-0.3, -0.25) is 9.59 Å². The third-order valence-electron chi connectivity index (χ3n) is 4.89. The van der Waals surface area contributed by atoms with Crippen LogP contribution in [-0.2, 0) is 16.0 Å². The summed E-state index contributed by atoms with van der Waals surface area (Å²) in [4.78, 5) is 25.7. The van der Waals surface area contributed by atoms with Crippen LogP contribution in [0.5, 0.6) is 0 Å². The number of aryl methyl sites for hydroxylation is 1. The Hall–Kier alpha value is -3.05. The molecular formula is C25H26N2O2S. The predicted octanol–water partition coefficient (Wildman–Crippen LogP) is 5.60. The average molecular weight is 419 g/mol. The summed E-state index contributed by atoms with van der Waals surface area (Å²) in [7, 11) is 0. The summed E-state index contributed by atoms with van der Waals surface area (Å²) >= 11 is 1.49. The molecule has 0 saturated carbocycles. The number of carbonyl (C=O) groups excluding carboxylic acids is 2. The topological polar surface area (TPSA) is 58.2 Å². The first-order valence-electron chi connectivity index (χ1n) is 9.90. The minimum Gasteiger partial charge on any atom is -0.326 e. The minimum absolute atomic E-state index is 0.0334. The van der Waals surface area contributed by atoms with E-state index in [1.165, 1.54) is 11.8 Å². The monoisotopic (exact) mass is 418 g/mol. The summed E-state index contributed by atoms with van der Waals surface area (Å²) in [6, 6.07) is 23.1. The molecule has 0 aliphatic heterocycles. The second kappa shape index (κ2) is 10.1. The zero-order valence-electron chi connectivity index (χ0n) is 17.4. The van der Waals surface area contributed by atoms with Gasteiger partial charge in [0.15, 0.2) is 0 Å². The van der Waals surface area contributed by atoms with Gasteiger partial charge in [0.2, 0.25) is 11.8 Å². The van der Waals surface area contributed by atoms with Crippen molar-refractivity contribution >= 4 is 35.0 Å². The Morgan fingerprint density at radius 3 is 2.27 bits per heavy atom. The van der Waals surface area contributed by atoms with Crippen molar-refractivity contribution in [2.75, 3.05) is 10.6 Å². The maximum atomic E-state index is 12.6. The molecule has 0 bridgehead atoms. The fraction of sp³-hybridized carbons (Fsp3) is 0.200. The Bertz CT molecular complexity index is 1020. The van der Waals surface area contributed by atoms with E-state index in [0.29, 0.717) is 6.42 Å². The average Bonchev–Trinajstić information content (AvgIpc) is 2.73. The van der Waals surface area contributed by atoms with Gasteiger partial charge in [0.25, 0.3) is 0 Å². The molecule has 0 spiro atoms. The van der Waals surface area contributed by atoms with E-state index < -0.39 is 0 Å². The highest BCUT2D eigenvalue weighted by molar-refractivity contribution is 8.00. The van der Waals surface area contributed by atoms with E-state index in [1.54, 1.807) is 0 Å². The van der Waals surface area contributed by atoms with Gasteiger partial charge in [0.1, 0.15) is 0 Å². The Labute approximate surface area is 182 Å². The number of hydrogen-bond donors (Lipinski definition) is 2. The van der Waals surface area contributed by atoms with Crippen molar-refractivity contribution < 1.29 is 9.59 Å². The highest BCUT2D eigenvalue weighted by Gasteiger charge is 2.16. The quantitative estimate of drug-likeness (QED) is 0.491. The first-order valence-corrected chi connectivity index (χ1v) is 10.8. The zero-order valence-corrected chi connectivity index (χ0v) is 18.3. The first kappa shape index (κ1) is 21.7. The lowest BCUT2D eigenvalue weighted by molar-refractivity contribution is -0.116. The summed E-state index contributed by atoms with van der Waals surface area (Å²) in [5, 5.41) is 5.68. The van der Waals surface area contributed by atoms with Gasteiger partial charge in [-0.1, -0.05) is 42.5 Å². The van der Waals surface area contributed by atoms with Crippen molar-refractivity contribution in [2.45, 2.75) is 37.3 Å². The molecular weight excluding hydrogens is 392 g/mol. The fourth-order valence-corrected chi connectivity index (χ4v) is 3.85. The molecule has 0 radical (unpaired) electrons. The van der Waals surface area contributed by atoms with Crippen molar-refractivity contribution in [2.24, 2.45) is 0 Å². The molecule has 0 saturated heterocycles. The van der Waals surface area contributed by atoms with Gasteiger partial charge < -0.3 is 10.6 Å². The SMILES string of the molecule is Cc1cccc(NC(=O)C(C)Sc2ccc(NC(=O)Cc3ccccc3)cc2)c1C. The van der Waals surface area contributed by atoms with Crippen LogP contribution >= 0.6 is 11.8 Å². The van der Waals surface area contributed by atoms with Gasteiger partial charge in [-0.25, -0.2) is 0 Å². The minimum atomic E-state index is -0.247. The lowest BCUT2D eigenvalue weighted by Gasteiger charge is -2.15. The molecule has 30 heavy (non-hydrogen) atoms. The molecule has 1 unspecified atom stereocenters. The highest BCUT2D eigenvalue weighted by Crippen LogP contribution is 2.26. The maximum absolute atomic E-state index is 12.6. The van der Waals surface area contributed by atoms with E-state index in [2.05, 4.69) is 10.6 Å². The van der Waals surface area contributed by atoms with Crippen LogP contribution < -0.4 is 10.6 Å². The molecule has 3 aromatic rings. The van der Waals surface area contributed by atoms with E-state index in [0.717, 1.165) is 33.0 Å². The molecule has 0 aliphatic carbocycles. The summed E-state index contributed by atoms with van der Waals surface area (Å²) < 4.78 is 0. The third kappa shape index (κ3) is 5.97. The summed E-state index contributed by atoms with van der Waals surface area (Å²) in [5.41, 5.74) is 4.80. The first-order chi connectivity index (χ1) is 14.4. The summed E-state index contributed by atoms with van der Waals surface area (Å²) in [6.45, 7) is 5.93. The van der Waals surface area contributed by atoms with Crippen molar-refractivity contribution in [3.8, 4) is 0 Å². The Morgan fingerprint density at radius 2 is 1.57 bits per heavy atom. The van der Waals surface area contributed by atoms with Crippen LogP contribution in [0.4, 0.5) is 11.4 Å². The molecule has 5 heteroatoms. The van der Waals surface area contributed by atoms with E-state index in [-0.39, 0.29) is 17.1 Å². The van der Waals surface area contributed by atoms with Gasteiger partial charge >= 0.3 is 0 Å². The van der Waals surface area contributed by atoms with E-state index in [9.17, 15) is 9.59 Å². The molecule has 2 N–H and O–H groups in total. The van der Waals surface area contributed by atoms with Gasteiger partial charge in [-0.15, -0.1) is 11.8 Å². The van der Waals surface area contributed by atoms with Gasteiger partial charge in [0, 0.05) is 16.3 Å². The van der Waals surface area contributed by atoms with Crippen LogP contribution in [0.3, 0.4) is 0 Å². The molecule has 0 fully saturated rings. The third-order valence-corrected chi connectivity index (χ3v) is 6.00. The normalized spacial score (nSPS) is 11.6. The Morgan fingerprint density at radius 1 is 0.867 bits per heavy atom. The molecule has 4 nitrogen and oxygen atoms in total. The van der Waals surface area contributed by atoms with E-state index in [1.807, 2.05) is 93.6 Å². The molecule has 154 valence electrons. The number of rotatable bonds is 7. The molecule has 2 amide bonds. The van der Waals surface area contributed by atoms with Crippen molar-refractivity contribution in [3.63, 3.8) is 0 Å². The molecule has 3 aromatic carbocycles. The van der Waals surface area contributed by atoms with Crippen LogP contribution in [0.15, 0.2) is 77.7 Å². The zero-order chi connectivity index (χ0) is 21.5. The number of nitrogens with one attached hydrogen (secondary N) is 2. The molecule has 0 aromatic heterocycles. The number of amides is 2. The van der Waals surface area contributed by atoms with Gasteiger partial charge in [0.05, 0.1) is 11.7 Å². The number of thioether (sulfide) groups is 1. The standard InChI is InChI=1S/C25H26N2O2S/c1-17-8-7-11-23(18(17)2)27-25(29)19(3)30-22-14-12-21(13-15-22)26-24(28)16-20-9-5-4-6-10-20/h4-15,19H,16H2,1-3H3,(H,26,28)(H,27,29). The van der Waals surface area contributed by atoms with Crippen LogP contribution in [0, 0.1) is 13.8 Å².